The molecule has 0 unspecified atom stereocenters. The predicted octanol–water partition coefficient (Wildman–Crippen LogP) is 0.370. The van der Waals surface area contributed by atoms with Crippen LogP contribution in [0.5, 0.6) is 28.7 Å². The monoisotopic (exact) mass is 506 g/mol. The fourth-order valence-corrected chi connectivity index (χ4v) is 3.94. The number of aliphatic hydroxyl groups excluding tert-OH is 4. The van der Waals surface area contributed by atoms with E-state index < -0.39 is 42.7 Å². The topological polar surface area (TPSA) is 178 Å². The minimum Gasteiger partial charge on any atom is -0.507 e. The fourth-order valence-electron chi connectivity index (χ4n) is 3.94. The van der Waals surface area contributed by atoms with Crippen LogP contribution < -0.4 is 24.4 Å². The Morgan fingerprint density at radius 3 is 2.28 bits per heavy atom. The van der Waals surface area contributed by atoms with Gasteiger partial charge in [0, 0.05) is 18.2 Å². The lowest BCUT2D eigenvalue weighted by molar-refractivity contribution is -0.277. The number of hydrogen-bond acceptors (Lipinski definition) is 12. The van der Waals surface area contributed by atoms with Crippen LogP contribution in [0.4, 0.5) is 0 Å². The van der Waals surface area contributed by atoms with Gasteiger partial charge in [0.25, 0.3) is 0 Å². The molecule has 0 amide bonds. The van der Waals surface area contributed by atoms with E-state index in [1.54, 1.807) is 6.07 Å². The number of fused-ring (bicyclic) bond motifs is 1. The number of ether oxygens (including phenoxy) is 5. The maximum absolute atomic E-state index is 13.2. The molecule has 194 valence electrons. The summed E-state index contributed by atoms with van der Waals surface area (Å²) in [6.45, 7) is -0.644. The van der Waals surface area contributed by atoms with Crippen molar-refractivity contribution in [2.24, 2.45) is 0 Å². The summed E-state index contributed by atoms with van der Waals surface area (Å²) in [6.07, 6.45) is -7.65. The van der Waals surface area contributed by atoms with Gasteiger partial charge in [-0.05, 0) is 12.1 Å². The lowest BCUT2D eigenvalue weighted by Crippen LogP contribution is -2.60. The molecule has 0 saturated carbocycles. The summed E-state index contributed by atoms with van der Waals surface area (Å²) in [5.74, 6) is -0.120. The van der Waals surface area contributed by atoms with Crippen molar-refractivity contribution in [3.8, 4) is 40.1 Å². The molecule has 12 nitrogen and oxygen atoms in total. The average Bonchev–Trinajstić information content (AvgIpc) is 2.88. The minimum absolute atomic E-state index is 0.00209. The van der Waals surface area contributed by atoms with Crippen LogP contribution in [-0.4, -0.2) is 84.2 Å². The van der Waals surface area contributed by atoms with Gasteiger partial charge in [0.15, 0.2) is 5.76 Å². The van der Waals surface area contributed by atoms with Crippen LogP contribution in [0.25, 0.3) is 22.3 Å². The lowest BCUT2D eigenvalue weighted by Gasteiger charge is -2.39. The van der Waals surface area contributed by atoms with E-state index in [9.17, 15) is 30.3 Å². The number of hydrogen-bond donors (Lipinski definition) is 5. The maximum atomic E-state index is 13.2. The third-order valence-corrected chi connectivity index (χ3v) is 5.87. The van der Waals surface area contributed by atoms with Gasteiger partial charge in [0.2, 0.25) is 17.5 Å². The van der Waals surface area contributed by atoms with Gasteiger partial charge >= 0.3 is 0 Å². The van der Waals surface area contributed by atoms with Crippen LogP contribution in [0.1, 0.15) is 0 Å². The second-order valence-electron chi connectivity index (χ2n) is 7.99. The highest BCUT2D eigenvalue weighted by Crippen LogP contribution is 2.41. The van der Waals surface area contributed by atoms with Crippen LogP contribution in [0.15, 0.2) is 39.5 Å². The molecule has 36 heavy (non-hydrogen) atoms. The number of methoxy groups -OCH3 is 3. The summed E-state index contributed by atoms with van der Waals surface area (Å²) in [5.41, 5.74) is -0.489. The molecule has 0 bridgehead atoms. The van der Waals surface area contributed by atoms with E-state index in [1.165, 1.54) is 45.6 Å². The Bertz CT molecular complexity index is 1300. The first-order chi connectivity index (χ1) is 17.2. The zero-order valence-corrected chi connectivity index (χ0v) is 19.6. The van der Waals surface area contributed by atoms with E-state index in [0.29, 0.717) is 5.75 Å². The molecule has 2 aromatic carbocycles. The molecule has 0 aliphatic carbocycles. The number of benzene rings is 2. The standard InChI is InChI=1S/C24H26O12/c1-31-10-4-5-12(14(7-10)35-24-21(30)20(29)18(27)16(9-25)36-24)22-23(33-3)19(28)17-13(26)6-11(32-2)8-15(17)34-22/h4-8,16,18,20-21,24-27,29-30H,9H2,1-3H3/t16-,18+,20-,21-,24+/m0/s1. The summed E-state index contributed by atoms with van der Waals surface area (Å²) in [5, 5.41) is 50.3. The van der Waals surface area contributed by atoms with Gasteiger partial charge in [-0.2, -0.15) is 0 Å². The van der Waals surface area contributed by atoms with Crippen LogP contribution in [0, 0.1) is 0 Å². The van der Waals surface area contributed by atoms with E-state index in [-0.39, 0.29) is 45.3 Å². The first-order valence-corrected chi connectivity index (χ1v) is 10.8. The van der Waals surface area contributed by atoms with Crippen molar-refractivity contribution in [2.45, 2.75) is 30.7 Å². The molecule has 0 spiro atoms. The number of phenols is 1. The summed E-state index contributed by atoms with van der Waals surface area (Å²) >= 11 is 0. The highest BCUT2D eigenvalue weighted by atomic mass is 16.7. The molecule has 3 aromatic rings. The molecule has 2 heterocycles. The normalized spacial score (nSPS) is 23.9. The van der Waals surface area contributed by atoms with Crippen LogP contribution in [0.3, 0.4) is 0 Å². The minimum atomic E-state index is -1.69. The van der Waals surface area contributed by atoms with Crippen molar-refractivity contribution in [1.29, 1.82) is 0 Å². The van der Waals surface area contributed by atoms with E-state index >= 15 is 0 Å². The average molecular weight is 506 g/mol. The summed E-state index contributed by atoms with van der Waals surface area (Å²) in [4.78, 5) is 13.2. The third kappa shape index (κ3) is 4.40. The molecule has 1 fully saturated rings. The molecule has 1 aliphatic rings. The molecule has 4 rings (SSSR count). The molecule has 1 aromatic heterocycles. The first-order valence-electron chi connectivity index (χ1n) is 10.8. The van der Waals surface area contributed by atoms with Gasteiger partial charge in [-0.15, -0.1) is 0 Å². The van der Waals surface area contributed by atoms with Gasteiger partial charge < -0.3 is 53.6 Å². The Labute approximate surface area is 204 Å². The number of rotatable bonds is 7. The van der Waals surface area contributed by atoms with E-state index in [1.807, 2.05) is 0 Å². The van der Waals surface area contributed by atoms with Crippen LogP contribution in [0.2, 0.25) is 0 Å². The van der Waals surface area contributed by atoms with Gasteiger partial charge in [-0.3, -0.25) is 4.79 Å². The Kier molecular flexibility index (Phi) is 7.24. The molecular formula is C24H26O12. The Morgan fingerprint density at radius 1 is 0.917 bits per heavy atom. The van der Waals surface area contributed by atoms with E-state index in [0.717, 1.165) is 0 Å². The highest BCUT2D eigenvalue weighted by molar-refractivity contribution is 5.89. The van der Waals surface area contributed by atoms with Gasteiger partial charge in [-0.25, -0.2) is 0 Å². The Hall–Kier alpha value is -3.55. The first kappa shape index (κ1) is 25.5. The van der Waals surface area contributed by atoms with Gasteiger partial charge in [-0.1, -0.05) is 0 Å². The van der Waals surface area contributed by atoms with E-state index in [2.05, 4.69) is 0 Å². The molecule has 5 N–H and O–H groups in total. The zero-order valence-electron chi connectivity index (χ0n) is 19.6. The second-order valence-corrected chi connectivity index (χ2v) is 7.99. The second kappa shape index (κ2) is 10.2. The van der Waals surface area contributed by atoms with Gasteiger partial charge in [0.05, 0.1) is 33.5 Å². The van der Waals surface area contributed by atoms with Gasteiger partial charge in [0.1, 0.15) is 58.4 Å². The van der Waals surface area contributed by atoms with E-state index in [4.69, 9.17) is 28.1 Å². The SMILES string of the molecule is COc1ccc(-c2oc3cc(OC)cc(O)c3c(=O)c2OC)c(O[C@@H]2O[C@@H](CO)[C@@H](O)[C@H](O)[C@@H]2O)c1. The van der Waals surface area contributed by atoms with Crippen molar-refractivity contribution in [2.75, 3.05) is 27.9 Å². The molecule has 1 saturated heterocycles. The maximum Gasteiger partial charge on any atom is 0.239 e. The predicted molar refractivity (Wildman–Crippen MR) is 124 cm³/mol. The highest BCUT2D eigenvalue weighted by Gasteiger charge is 2.45. The zero-order chi connectivity index (χ0) is 26.1. The van der Waals surface area contributed by atoms with Crippen molar-refractivity contribution >= 4 is 11.0 Å². The van der Waals surface area contributed by atoms with Crippen LogP contribution >= 0.6 is 0 Å². The Morgan fingerprint density at radius 2 is 1.64 bits per heavy atom. The summed E-state index contributed by atoms with van der Waals surface area (Å²) in [6, 6.07) is 7.16. The largest absolute Gasteiger partial charge is 0.507 e. The Balaban J connectivity index is 1.88. The third-order valence-electron chi connectivity index (χ3n) is 5.87. The number of phenolic OH excluding ortho intramolecular Hbond substituents is 1. The van der Waals surface area contributed by atoms with Crippen molar-refractivity contribution in [3.63, 3.8) is 0 Å². The van der Waals surface area contributed by atoms with Crippen molar-refractivity contribution < 1.29 is 53.6 Å². The fraction of sp³-hybridized carbons (Fsp3) is 0.375. The molecule has 0 radical (unpaired) electrons. The summed E-state index contributed by atoms with van der Waals surface area (Å²) in [7, 11) is 4.06. The molecule has 1 aliphatic heterocycles. The molecule has 12 heteroatoms. The summed E-state index contributed by atoms with van der Waals surface area (Å²) < 4.78 is 33.0. The lowest BCUT2D eigenvalue weighted by atomic mass is 9.99. The van der Waals surface area contributed by atoms with Crippen molar-refractivity contribution in [3.05, 3.63) is 40.6 Å². The molecular weight excluding hydrogens is 480 g/mol. The van der Waals surface area contributed by atoms with Crippen molar-refractivity contribution in [1.82, 2.24) is 0 Å². The molecule has 5 atom stereocenters. The van der Waals surface area contributed by atoms with Crippen LogP contribution in [-0.2, 0) is 4.74 Å². The number of aromatic hydroxyl groups is 1. The number of aliphatic hydroxyl groups is 4. The quantitative estimate of drug-likeness (QED) is 0.298. The smallest absolute Gasteiger partial charge is 0.239 e.